The van der Waals surface area contributed by atoms with Crippen molar-refractivity contribution < 1.29 is 17.7 Å². The molecule has 0 saturated heterocycles. The van der Waals surface area contributed by atoms with Crippen LogP contribution < -0.4 is 4.74 Å². The molecule has 2 aromatic carbocycles. The van der Waals surface area contributed by atoms with Crippen LogP contribution >= 0.6 is 23.2 Å². The van der Waals surface area contributed by atoms with Gasteiger partial charge in [-0.1, -0.05) is 41.4 Å². The highest BCUT2D eigenvalue weighted by Crippen LogP contribution is 2.39. The molecule has 0 saturated carbocycles. The number of para-hydroxylation sites is 1. The third kappa shape index (κ3) is 3.19. The molecule has 2 rings (SSSR count). The molecule has 0 heterocycles. The van der Waals surface area contributed by atoms with E-state index < -0.39 is 15.0 Å². The molecule has 0 aliphatic rings. The predicted molar refractivity (Wildman–Crippen MR) is 72.8 cm³/mol. The molecule has 0 atom stereocenters. The summed E-state index contributed by atoms with van der Waals surface area (Å²) in [5.74, 6) is 0.166. The second-order valence-electron chi connectivity index (χ2n) is 3.58. The van der Waals surface area contributed by atoms with Crippen molar-refractivity contribution in [2.24, 2.45) is 0 Å². The third-order valence-corrected chi connectivity index (χ3v) is 3.92. The molecule has 0 aromatic heterocycles. The molecule has 2 aromatic rings. The first-order chi connectivity index (χ1) is 8.89. The van der Waals surface area contributed by atoms with E-state index in [0.717, 1.165) is 6.07 Å². The van der Waals surface area contributed by atoms with E-state index in [-0.39, 0.29) is 15.8 Å². The molecule has 0 bridgehead atoms. The van der Waals surface area contributed by atoms with Crippen molar-refractivity contribution in [3.8, 4) is 11.5 Å². The van der Waals surface area contributed by atoms with Crippen molar-refractivity contribution in [1.29, 1.82) is 0 Å². The molecule has 100 valence electrons. The Morgan fingerprint density at radius 3 is 2.21 bits per heavy atom. The minimum Gasteiger partial charge on any atom is -0.454 e. The first-order valence-corrected chi connectivity index (χ1v) is 7.27. The zero-order valence-corrected chi connectivity index (χ0v) is 11.7. The van der Waals surface area contributed by atoms with Crippen LogP contribution in [0, 0.1) is 0 Å². The van der Waals surface area contributed by atoms with Crippen LogP contribution in [0.1, 0.15) is 0 Å². The Morgan fingerprint density at radius 1 is 1.00 bits per heavy atom. The van der Waals surface area contributed by atoms with Crippen molar-refractivity contribution >= 4 is 33.3 Å². The fourth-order valence-electron chi connectivity index (χ4n) is 1.42. The van der Waals surface area contributed by atoms with Gasteiger partial charge in [0.15, 0.2) is 5.75 Å². The number of benzene rings is 2. The van der Waals surface area contributed by atoms with Gasteiger partial charge in [0, 0.05) is 0 Å². The standard InChI is InChI=1S/C12H8Cl2O4S/c13-9-6-7-10(19(15,16)17)12(11(9)14)18-8-4-2-1-3-5-8/h1-7H,(H,15,16,17). The van der Waals surface area contributed by atoms with Crippen LogP contribution in [0.15, 0.2) is 47.4 Å². The van der Waals surface area contributed by atoms with E-state index >= 15 is 0 Å². The fourth-order valence-corrected chi connectivity index (χ4v) is 2.45. The lowest BCUT2D eigenvalue weighted by Gasteiger charge is -2.12. The highest BCUT2D eigenvalue weighted by atomic mass is 35.5. The first-order valence-electron chi connectivity index (χ1n) is 5.08. The number of rotatable bonds is 3. The van der Waals surface area contributed by atoms with Gasteiger partial charge in [-0.25, -0.2) is 0 Å². The molecule has 7 heteroatoms. The van der Waals surface area contributed by atoms with Gasteiger partial charge < -0.3 is 4.74 Å². The van der Waals surface area contributed by atoms with E-state index in [1.165, 1.54) is 6.07 Å². The van der Waals surface area contributed by atoms with Crippen molar-refractivity contribution in [2.75, 3.05) is 0 Å². The van der Waals surface area contributed by atoms with Crippen molar-refractivity contribution in [1.82, 2.24) is 0 Å². The molecule has 0 aliphatic carbocycles. The van der Waals surface area contributed by atoms with Crippen molar-refractivity contribution in [3.63, 3.8) is 0 Å². The molecule has 19 heavy (non-hydrogen) atoms. The number of hydrogen-bond acceptors (Lipinski definition) is 3. The third-order valence-electron chi connectivity index (χ3n) is 2.25. The molecule has 0 unspecified atom stereocenters. The number of hydrogen-bond donors (Lipinski definition) is 1. The van der Waals surface area contributed by atoms with E-state index in [0.29, 0.717) is 5.75 Å². The predicted octanol–water partition coefficient (Wildman–Crippen LogP) is 4.03. The molecule has 0 fully saturated rings. The largest absolute Gasteiger partial charge is 0.454 e. The van der Waals surface area contributed by atoms with E-state index in [9.17, 15) is 8.42 Å². The summed E-state index contributed by atoms with van der Waals surface area (Å²) in [5.41, 5.74) is 0. The van der Waals surface area contributed by atoms with E-state index in [2.05, 4.69) is 0 Å². The summed E-state index contributed by atoms with van der Waals surface area (Å²) >= 11 is 11.7. The summed E-state index contributed by atoms with van der Waals surface area (Å²) in [6.45, 7) is 0. The van der Waals surface area contributed by atoms with Crippen LogP contribution in [0.25, 0.3) is 0 Å². The fraction of sp³-hybridized carbons (Fsp3) is 0. The van der Waals surface area contributed by atoms with E-state index in [1.54, 1.807) is 30.3 Å². The van der Waals surface area contributed by atoms with Gasteiger partial charge >= 0.3 is 0 Å². The summed E-state index contributed by atoms with van der Waals surface area (Å²) in [6, 6.07) is 10.8. The van der Waals surface area contributed by atoms with Crippen LogP contribution in [0.2, 0.25) is 10.0 Å². The second kappa shape index (κ2) is 5.38. The maximum atomic E-state index is 11.3. The Morgan fingerprint density at radius 2 is 1.63 bits per heavy atom. The minimum atomic E-state index is -4.46. The van der Waals surface area contributed by atoms with Crippen LogP contribution in [-0.2, 0) is 10.1 Å². The lowest BCUT2D eigenvalue weighted by Crippen LogP contribution is -2.01. The summed E-state index contributed by atoms with van der Waals surface area (Å²) in [5, 5.41) is 0.0423. The summed E-state index contributed by atoms with van der Waals surface area (Å²) < 4.78 is 37.1. The molecular weight excluding hydrogens is 311 g/mol. The van der Waals surface area contributed by atoms with Crippen molar-refractivity contribution in [2.45, 2.75) is 4.90 Å². The SMILES string of the molecule is O=S(=O)(O)c1ccc(Cl)c(Cl)c1Oc1ccccc1. The van der Waals surface area contributed by atoms with Gasteiger partial charge in [-0.15, -0.1) is 0 Å². The summed E-state index contributed by atoms with van der Waals surface area (Å²) in [4.78, 5) is -0.439. The molecule has 0 spiro atoms. The van der Waals surface area contributed by atoms with Crippen LogP contribution in [0.4, 0.5) is 0 Å². The second-order valence-corrected chi connectivity index (χ2v) is 5.75. The topological polar surface area (TPSA) is 63.6 Å². The van der Waals surface area contributed by atoms with Gasteiger partial charge in [0.25, 0.3) is 10.1 Å². The summed E-state index contributed by atoms with van der Waals surface area (Å²) in [7, 11) is -4.46. The first kappa shape index (κ1) is 14.1. The Bertz CT molecular complexity index is 699. The van der Waals surface area contributed by atoms with Gasteiger partial charge in [-0.05, 0) is 24.3 Å². The molecule has 4 nitrogen and oxygen atoms in total. The maximum absolute atomic E-state index is 11.3. The quantitative estimate of drug-likeness (QED) is 0.868. The molecule has 1 N–H and O–H groups in total. The zero-order valence-electron chi connectivity index (χ0n) is 9.38. The normalized spacial score (nSPS) is 11.3. The Balaban J connectivity index is 2.58. The van der Waals surface area contributed by atoms with E-state index in [1.807, 2.05) is 0 Å². The number of halogens is 2. The highest BCUT2D eigenvalue weighted by Gasteiger charge is 2.22. The lowest BCUT2D eigenvalue weighted by atomic mass is 10.3. The average molecular weight is 319 g/mol. The molecule has 0 radical (unpaired) electrons. The molecule has 0 amide bonds. The van der Waals surface area contributed by atoms with Gasteiger partial charge in [0.05, 0.1) is 5.02 Å². The zero-order chi connectivity index (χ0) is 14.0. The molecular formula is C12H8Cl2O4S. The maximum Gasteiger partial charge on any atom is 0.298 e. The summed E-state index contributed by atoms with van der Waals surface area (Å²) in [6.07, 6.45) is 0. The number of ether oxygens (including phenoxy) is 1. The minimum absolute atomic E-state index is 0.0827. The average Bonchev–Trinajstić information content (AvgIpc) is 2.35. The van der Waals surface area contributed by atoms with Gasteiger partial charge in [-0.3, -0.25) is 4.55 Å². The van der Waals surface area contributed by atoms with Crippen LogP contribution in [0.3, 0.4) is 0 Å². The van der Waals surface area contributed by atoms with Crippen LogP contribution in [-0.4, -0.2) is 13.0 Å². The van der Waals surface area contributed by atoms with Gasteiger partial charge in [0.2, 0.25) is 0 Å². The van der Waals surface area contributed by atoms with E-state index in [4.69, 9.17) is 32.5 Å². The Labute approximate surface area is 120 Å². The lowest BCUT2D eigenvalue weighted by molar-refractivity contribution is 0.450. The Kier molecular flexibility index (Phi) is 4.01. The smallest absolute Gasteiger partial charge is 0.298 e. The monoisotopic (exact) mass is 318 g/mol. The van der Waals surface area contributed by atoms with Crippen LogP contribution in [0.5, 0.6) is 11.5 Å². The van der Waals surface area contributed by atoms with Crippen molar-refractivity contribution in [3.05, 3.63) is 52.5 Å². The van der Waals surface area contributed by atoms with Gasteiger partial charge in [0.1, 0.15) is 15.7 Å². The molecule has 0 aliphatic heterocycles. The Hall–Kier alpha value is -1.27. The van der Waals surface area contributed by atoms with Gasteiger partial charge in [-0.2, -0.15) is 8.42 Å². The highest BCUT2D eigenvalue weighted by molar-refractivity contribution is 7.86.